The van der Waals surface area contributed by atoms with Gasteiger partial charge >= 0.3 is 0 Å². The van der Waals surface area contributed by atoms with Crippen molar-refractivity contribution in [3.05, 3.63) is 70.8 Å². The molecule has 11 heteroatoms. The Morgan fingerprint density at radius 1 is 1.10 bits per heavy atom. The van der Waals surface area contributed by atoms with Crippen LogP contribution >= 0.6 is 0 Å². The summed E-state index contributed by atoms with van der Waals surface area (Å²) in [7, 11) is -3.33. The summed E-state index contributed by atoms with van der Waals surface area (Å²) in [5.74, 6) is 1.25. The normalized spacial score (nSPS) is 14.8. The second-order valence-electron chi connectivity index (χ2n) is 9.49. The predicted octanol–water partition coefficient (Wildman–Crippen LogP) is 4.51. The van der Waals surface area contributed by atoms with E-state index in [0.717, 1.165) is 17.6 Å². The molecule has 0 amide bonds. The molecule has 4 aromatic rings. The first kappa shape index (κ1) is 27.9. The molecule has 1 aliphatic heterocycles. The Morgan fingerprint density at radius 2 is 1.79 bits per heavy atom. The molecule has 1 saturated heterocycles. The SMILES string of the molecule is CC.Cc1ccc(N2CCC(CC#N)(n3nc(Nc4ccc(S(C)(=O)=O)cc4)c4c(=O)[nH]ccc43)CC2)nc1. The Labute approximate surface area is 228 Å². The van der Waals surface area contributed by atoms with Gasteiger partial charge in [0, 0.05) is 37.4 Å². The zero-order valence-corrected chi connectivity index (χ0v) is 23.4. The molecule has 1 aromatic carbocycles. The molecule has 1 fully saturated rings. The maximum atomic E-state index is 12.9. The Kier molecular flexibility index (Phi) is 8.06. The van der Waals surface area contributed by atoms with Crippen molar-refractivity contribution < 1.29 is 8.42 Å². The van der Waals surface area contributed by atoms with Crippen LogP contribution in [0.15, 0.2) is 64.5 Å². The van der Waals surface area contributed by atoms with Gasteiger partial charge in [-0.25, -0.2) is 13.4 Å². The third-order valence-corrected chi connectivity index (χ3v) is 8.05. The van der Waals surface area contributed by atoms with Crippen molar-refractivity contribution >= 4 is 38.1 Å². The van der Waals surface area contributed by atoms with Gasteiger partial charge in [0.15, 0.2) is 15.7 Å². The zero-order valence-electron chi connectivity index (χ0n) is 22.6. The Morgan fingerprint density at radius 3 is 2.38 bits per heavy atom. The Balaban J connectivity index is 0.00000172. The van der Waals surface area contributed by atoms with Crippen molar-refractivity contribution in [1.82, 2.24) is 19.7 Å². The highest BCUT2D eigenvalue weighted by atomic mass is 32.2. The van der Waals surface area contributed by atoms with E-state index in [-0.39, 0.29) is 16.9 Å². The number of aromatic amines is 1. The number of hydrogen-bond donors (Lipinski definition) is 2. The molecule has 5 rings (SSSR count). The average molecular weight is 548 g/mol. The molecule has 0 spiro atoms. The number of aryl methyl sites for hydroxylation is 1. The van der Waals surface area contributed by atoms with Gasteiger partial charge in [-0.05, 0) is 61.7 Å². The van der Waals surface area contributed by atoms with Crippen molar-refractivity contribution in [3.8, 4) is 6.07 Å². The lowest BCUT2D eigenvalue weighted by atomic mass is 9.84. The van der Waals surface area contributed by atoms with E-state index >= 15 is 0 Å². The fraction of sp³-hybridized carbons (Fsp3) is 0.357. The van der Waals surface area contributed by atoms with Gasteiger partial charge in [-0.3, -0.25) is 9.48 Å². The number of fused-ring (bicyclic) bond motifs is 1. The quantitative estimate of drug-likeness (QED) is 0.360. The number of anilines is 3. The number of sulfone groups is 1. The van der Waals surface area contributed by atoms with Crippen molar-refractivity contribution in [3.63, 3.8) is 0 Å². The van der Waals surface area contributed by atoms with Crippen molar-refractivity contribution in [2.45, 2.75) is 50.5 Å². The number of aromatic nitrogens is 4. The fourth-order valence-corrected chi connectivity index (χ4v) is 5.49. The fourth-order valence-electron chi connectivity index (χ4n) is 4.86. The molecule has 3 aromatic heterocycles. The molecule has 204 valence electrons. The lowest BCUT2D eigenvalue weighted by Crippen LogP contribution is -2.47. The monoisotopic (exact) mass is 547 g/mol. The summed E-state index contributed by atoms with van der Waals surface area (Å²) in [4.78, 5) is 22.6. The maximum Gasteiger partial charge on any atom is 0.261 e. The molecule has 0 bridgehead atoms. The minimum absolute atomic E-state index is 0.203. The third kappa shape index (κ3) is 5.66. The van der Waals surface area contributed by atoms with E-state index in [1.165, 1.54) is 12.1 Å². The number of nitrogens with zero attached hydrogens (tertiary/aromatic N) is 5. The number of hydrogen-bond acceptors (Lipinski definition) is 8. The number of piperidine rings is 1. The van der Waals surface area contributed by atoms with Crippen molar-refractivity contribution in [2.75, 3.05) is 29.6 Å². The van der Waals surface area contributed by atoms with Crippen LogP contribution in [-0.2, 0) is 15.4 Å². The van der Waals surface area contributed by atoms with Crippen LogP contribution in [0.3, 0.4) is 0 Å². The minimum Gasteiger partial charge on any atom is -0.356 e. The van der Waals surface area contributed by atoms with Crippen LogP contribution in [0.2, 0.25) is 0 Å². The summed E-state index contributed by atoms with van der Waals surface area (Å²) in [6.45, 7) is 7.39. The standard InChI is InChI=1S/C26H27N7O3S.C2H6/c1-18-3-8-22(29-17-18)32-15-11-26(10-13-27,12-16-32)33-21-9-14-28-25(34)23(21)24(31-33)30-19-4-6-20(7-5-19)37(2,35)36;1-2/h3-9,14,17H,10-12,15-16H2,1-2H3,(H,28,34)(H,30,31);1-2H3. The summed E-state index contributed by atoms with van der Waals surface area (Å²) in [6, 6.07) is 14.5. The minimum atomic E-state index is -3.33. The summed E-state index contributed by atoms with van der Waals surface area (Å²) >= 11 is 0. The summed E-state index contributed by atoms with van der Waals surface area (Å²) in [6.07, 6.45) is 6.14. The van der Waals surface area contributed by atoms with Gasteiger partial charge in [0.05, 0.1) is 28.4 Å². The second kappa shape index (κ2) is 11.3. The average Bonchev–Trinajstić information content (AvgIpc) is 3.31. The number of rotatable bonds is 6. The van der Waals surface area contributed by atoms with Gasteiger partial charge in [-0.2, -0.15) is 10.4 Å². The largest absolute Gasteiger partial charge is 0.356 e. The van der Waals surface area contributed by atoms with Gasteiger partial charge in [0.2, 0.25) is 0 Å². The molecule has 0 aliphatic carbocycles. The summed E-state index contributed by atoms with van der Waals surface area (Å²) < 4.78 is 25.4. The van der Waals surface area contributed by atoms with Crippen LogP contribution in [0.5, 0.6) is 0 Å². The first-order valence-electron chi connectivity index (χ1n) is 12.9. The first-order chi connectivity index (χ1) is 18.7. The maximum absolute atomic E-state index is 12.9. The molecule has 0 unspecified atom stereocenters. The van der Waals surface area contributed by atoms with Crippen LogP contribution in [0, 0.1) is 18.3 Å². The van der Waals surface area contributed by atoms with E-state index in [1.807, 2.05) is 43.8 Å². The highest BCUT2D eigenvalue weighted by Crippen LogP contribution is 2.38. The second-order valence-corrected chi connectivity index (χ2v) is 11.5. The molecule has 4 heterocycles. The molecule has 1 aliphatic rings. The van der Waals surface area contributed by atoms with Crippen LogP contribution in [0.25, 0.3) is 10.9 Å². The number of nitrogens with one attached hydrogen (secondary N) is 2. The number of H-pyrrole nitrogens is 1. The van der Waals surface area contributed by atoms with Crippen LogP contribution in [-0.4, -0.2) is 47.5 Å². The molecule has 10 nitrogen and oxygen atoms in total. The molecule has 2 N–H and O–H groups in total. The number of nitriles is 1. The van der Waals surface area contributed by atoms with Gasteiger partial charge in [0.25, 0.3) is 5.56 Å². The molecular formula is C28H33N7O3S. The Bertz CT molecular complexity index is 1640. The number of benzene rings is 1. The first-order valence-corrected chi connectivity index (χ1v) is 14.8. The van der Waals surface area contributed by atoms with E-state index in [0.29, 0.717) is 48.3 Å². The summed E-state index contributed by atoms with van der Waals surface area (Å²) in [5.41, 5.74) is 1.43. The van der Waals surface area contributed by atoms with E-state index in [1.54, 1.807) is 24.4 Å². The Hall–Kier alpha value is -4.17. The van der Waals surface area contributed by atoms with Gasteiger partial charge in [-0.1, -0.05) is 19.9 Å². The smallest absolute Gasteiger partial charge is 0.261 e. The van der Waals surface area contributed by atoms with E-state index in [2.05, 4.69) is 26.3 Å². The van der Waals surface area contributed by atoms with Crippen LogP contribution in [0.4, 0.5) is 17.3 Å². The van der Waals surface area contributed by atoms with Gasteiger partial charge in [-0.15, -0.1) is 0 Å². The van der Waals surface area contributed by atoms with Crippen LogP contribution in [0.1, 0.15) is 38.7 Å². The van der Waals surface area contributed by atoms with E-state index in [9.17, 15) is 18.5 Å². The molecular weight excluding hydrogens is 514 g/mol. The van der Waals surface area contributed by atoms with E-state index in [4.69, 9.17) is 5.10 Å². The molecule has 39 heavy (non-hydrogen) atoms. The van der Waals surface area contributed by atoms with Gasteiger partial charge < -0.3 is 15.2 Å². The highest BCUT2D eigenvalue weighted by Gasteiger charge is 2.39. The zero-order chi connectivity index (χ0) is 28.2. The van der Waals surface area contributed by atoms with Gasteiger partial charge in [0.1, 0.15) is 11.2 Å². The van der Waals surface area contributed by atoms with Crippen LogP contribution < -0.4 is 15.8 Å². The highest BCUT2D eigenvalue weighted by molar-refractivity contribution is 7.90. The molecule has 0 saturated carbocycles. The third-order valence-electron chi connectivity index (χ3n) is 6.92. The van der Waals surface area contributed by atoms with Crippen molar-refractivity contribution in [1.29, 1.82) is 5.26 Å². The summed E-state index contributed by atoms with van der Waals surface area (Å²) in [5, 5.41) is 18.2. The molecule has 0 radical (unpaired) electrons. The predicted molar refractivity (Wildman–Crippen MR) is 153 cm³/mol. The topological polar surface area (TPSA) is 137 Å². The lowest BCUT2D eigenvalue weighted by Gasteiger charge is -2.41. The number of pyridine rings is 2. The lowest BCUT2D eigenvalue weighted by molar-refractivity contribution is 0.210. The van der Waals surface area contributed by atoms with E-state index < -0.39 is 15.4 Å². The molecule has 0 atom stereocenters. The van der Waals surface area contributed by atoms with Crippen molar-refractivity contribution in [2.24, 2.45) is 0 Å².